The maximum Gasteiger partial charge on any atom is 0.434 e. The van der Waals surface area contributed by atoms with Gasteiger partial charge in [0.25, 0.3) is 0 Å². The van der Waals surface area contributed by atoms with Gasteiger partial charge in [0.1, 0.15) is 24.8 Å². The number of H-pyrrole nitrogens is 1. The Labute approximate surface area is 245 Å². The number of ether oxygens (including phenoxy) is 1. The first kappa shape index (κ1) is 29.0. The first-order valence-electron chi connectivity index (χ1n) is 12.8. The number of benzene rings is 1. The molecule has 0 amide bonds. The Morgan fingerprint density at radius 3 is 2.75 bits per heavy atom. The summed E-state index contributed by atoms with van der Waals surface area (Å²) in [5.41, 5.74) is 2.38. The molecule has 0 spiro atoms. The van der Waals surface area contributed by atoms with Gasteiger partial charge >= 0.3 is 6.18 Å². The zero-order chi connectivity index (χ0) is 27.3. The van der Waals surface area contributed by atoms with E-state index in [-0.39, 0.29) is 30.3 Å². The minimum atomic E-state index is -4.63. The number of alkyl halides is 3. The van der Waals surface area contributed by atoms with Gasteiger partial charge in [0.05, 0.1) is 37.4 Å². The molecule has 214 valence electrons. The lowest BCUT2D eigenvalue weighted by Crippen LogP contribution is -3.00. The van der Waals surface area contributed by atoms with Crippen molar-refractivity contribution >= 4 is 39.9 Å². The molecule has 13 heteroatoms. The number of hydrogen-bond acceptors (Lipinski definition) is 4. The highest BCUT2D eigenvalue weighted by molar-refractivity contribution is 6.31. The van der Waals surface area contributed by atoms with Crippen LogP contribution < -0.4 is 21.9 Å². The highest BCUT2D eigenvalue weighted by Crippen LogP contribution is 2.38. The highest BCUT2D eigenvalue weighted by atomic mass is 35.5. The molecule has 0 radical (unpaired) electrons. The van der Waals surface area contributed by atoms with E-state index in [0.717, 1.165) is 29.6 Å². The summed E-state index contributed by atoms with van der Waals surface area (Å²) in [7, 11) is 1.98. The summed E-state index contributed by atoms with van der Waals surface area (Å²) in [6.07, 6.45) is 2.28. The molecule has 40 heavy (non-hydrogen) atoms. The fourth-order valence-corrected chi connectivity index (χ4v) is 6.18. The van der Waals surface area contributed by atoms with Gasteiger partial charge in [-0.3, -0.25) is 4.90 Å². The number of nitrogens with one attached hydrogen (secondary N) is 1. The number of aromatic amines is 1. The number of aryl methyl sites for hydroxylation is 1. The lowest BCUT2D eigenvalue weighted by Gasteiger charge is -2.42. The molecule has 1 N–H and O–H groups in total. The van der Waals surface area contributed by atoms with Crippen LogP contribution in [0.4, 0.5) is 19.0 Å². The van der Waals surface area contributed by atoms with E-state index in [9.17, 15) is 13.2 Å². The number of imidazole rings is 1. The number of halogens is 6. The summed E-state index contributed by atoms with van der Waals surface area (Å²) >= 11 is 12.2. The minimum Gasteiger partial charge on any atom is -1.00 e. The Morgan fingerprint density at radius 1 is 1.18 bits per heavy atom. The third-order valence-corrected chi connectivity index (χ3v) is 8.14. The summed E-state index contributed by atoms with van der Waals surface area (Å²) in [4.78, 5) is 11.9. The Balaban J connectivity index is 0.00000323. The van der Waals surface area contributed by atoms with Crippen molar-refractivity contribution in [2.75, 3.05) is 37.7 Å². The maximum atomic E-state index is 13.6. The molecule has 1 saturated heterocycles. The molecule has 5 heterocycles. The van der Waals surface area contributed by atoms with E-state index < -0.39 is 16.9 Å². The number of morpholine rings is 1. The molecular weight excluding hydrogens is 588 g/mol. The molecule has 0 saturated carbocycles. The molecule has 0 aliphatic carbocycles. The Kier molecular flexibility index (Phi) is 8.27. The molecule has 6 rings (SSSR count). The van der Waals surface area contributed by atoms with E-state index in [1.165, 1.54) is 11.6 Å². The highest BCUT2D eigenvalue weighted by Gasteiger charge is 2.38. The SMILES string of the molecule is Cn1cc[n+](CC2c3[nH]c4ccc(Cl)cc4c3CCN2CC2COCCN2c2ccc(Cl)c(C(F)(F)F)n2)c1.[Cl-]. The predicted octanol–water partition coefficient (Wildman–Crippen LogP) is 2.02. The quantitative estimate of drug-likeness (QED) is 0.350. The second-order valence-corrected chi connectivity index (χ2v) is 11.0. The molecule has 3 aromatic heterocycles. The van der Waals surface area contributed by atoms with Crippen LogP contribution in [0.1, 0.15) is 23.0 Å². The Morgan fingerprint density at radius 2 is 2.00 bits per heavy atom. The summed E-state index contributed by atoms with van der Waals surface area (Å²) in [6, 6.07) is 8.57. The molecule has 1 aromatic carbocycles. The Hall–Kier alpha value is -2.50. The second kappa shape index (κ2) is 11.4. The van der Waals surface area contributed by atoms with Crippen LogP contribution in [0.3, 0.4) is 0 Å². The molecule has 2 unspecified atom stereocenters. The molecule has 2 aliphatic heterocycles. The summed E-state index contributed by atoms with van der Waals surface area (Å²) in [5.74, 6) is 0.256. The third-order valence-electron chi connectivity index (χ3n) is 7.60. The standard InChI is InChI=1S/C27H28Cl2F3N6O.ClH/c1-35-8-9-36(16-35)14-23-25-19(20-12-17(28)2-4-22(20)33-25)6-7-37(23)13-18-15-39-11-10-38(18)24-5-3-21(29)26(34-24)27(30,31)32;/h2-5,8-9,12,16,18,23,33H,6-7,10-11,13-15H2,1H3;1H/q+1;/p-1. The number of aromatic nitrogens is 4. The first-order valence-corrected chi connectivity index (χ1v) is 13.6. The van der Waals surface area contributed by atoms with Crippen molar-refractivity contribution in [3.63, 3.8) is 0 Å². The molecule has 4 aromatic rings. The van der Waals surface area contributed by atoms with Crippen molar-refractivity contribution in [1.29, 1.82) is 0 Å². The van der Waals surface area contributed by atoms with Crippen LogP contribution in [0, 0.1) is 0 Å². The van der Waals surface area contributed by atoms with E-state index in [1.54, 1.807) is 6.07 Å². The van der Waals surface area contributed by atoms with Gasteiger partial charge in [0.15, 0.2) is 5.69 Å². The van der Waals surface area contributed by atoms with Gasteiger partial charge in [-0.2, -0.15) is 13.2 Å². The number of rotatable bonds is 5. The van der Waals surface area contributed by atoms with Crippen LogP contribution in [-0.2, 0) is 30.9 Å². The molecule has 2 atom stereocenters. The van der Waals surface area contributed by atoms with Gasteiger partial charge in [-0.1, -0.05) is 23.2 Å². The van der Waals surface area contributed by atoms with Crippen LogP contribution in [0.15, 0.2) is 49.1 Å². The monoisotopic (exact) mass is 614 g/mol. The zero-order valence-corrected chi connectivity index (χ0v) is 23.9. The van der Waals surface area contributed by atoms with Crippen LogP contribution in [0.2, 0.25) is 10.0 Å². The number of pyridine rings is 1. The lowest BCUT2D eigenvalue weighted by molar-refractivity contribution is -0.702. The summed E-state index contributed by atoms with van der Waals surface area (Å²) < 4.78 is 50.7. The zero-order valence-electron chi connectivity index (χ0n) is 21.6. The topological polar surface area (TPSA) is 53.2 Å². The summed E-state index contributed by atoms with van der Waals surface area (Å²) in [5, 5.41) is 1.43. The largest absolute Gasteiger partial charge is 1.00 e. The van der Waals surface area contributed by atoms with Crippen molar-refractivity contribution < 1.29 is 34.9 Å². The van der Waals surface area contributed by atoms with Crippen molar-refractivity contribution in [2.24, 2.45) is 7.05 Å². The predicted molar refractivity (Wildman–Crippen MR) is 143 cm³/mol. The van der Waals surface area contributed by atoms with Crippen molar-refractivity contribution in [2.45, 2.75) is 31.2 Å². The normalized spacial score (nSPS) is 20.0. The van der Waals surface area contributed by atoms with E-state index >= 15 is 0 Å². The summed E-state index contributed by atoms with van der Waals surface area (Å²) in [6.45, 7) is 3.34. The molecule has 7 nitrogen and oxygen atoms in total. The van der Waals surface area contributed by atoms with Crippen molar-refractivity contribution in [3.8, 4) is 0 Å². The Bertz CT molecular complexity index is 1510. The third kappa shape index (κ3) is 5.65. The van der Waals surface area contributed by atoms with Gasteiger partial charge in [0, 0.05) is 41.3 Å². The van der Waals surface area contributed by atoms with Crippen LogP contribution in [0.25, 0.3) is 10.9 Å². The van der Waals surface area contributed by atoms with Gasteiger partial charge in [0.2, 0.25) is 6.33 Å². The first-order chi connectivity index (χ1) is 18.7. The van der Waals surface area contributed by atoms with Crippen LogP contribution in [0.5, 0.6) is 0 Å². The van der Waals surface area contributed by atoms with Gasteiger partial charge in [-0.15, -0.1) is 0 Å². The lowest BCUT2D eigenvalue weighted by atomic mass is 9.96. The van der Waals surface area contributed by atoms with Gasteiger partial charge in [-0.25, -0.2) is 14.1 Å². The van der Waals surface area contributed by atoms with Gasteiger partial charge < -0.3 is 27.0 Å². The van der Waals surface area contributed by atoms with Crippen LogP contribution in [-0.4, -0.2) is 58.3 Å². The van der Waals surface area contributed by atoms with Crippen molar-refractivity contribution in [1.82, 2.24) is 19.4 Å². The second-order valence-electron chi connectivity index (χ2n) is 10.2. The average Bonchev–Trinajstić information content (AvgIpc) is 3.48. The molecule has 2 aliphatic rings. The number of nitrogens with zero attached hydrogens (tertiary/aromatic N) is 5. The van der Waals surface area contributed by atoms with E-state index in [4.69, 9.17) is 27.9 Å². The minimum absolute atomic E-state index is 0. The van der Waals surface area contributed by atoms with E-state index in [0.29, 0.717) is 37.9 Å². The maximum absolute atomic E-state index is 13.6. The molecule has 1 fully saturated rings. The van der Waals surface area contributed by atoms with Crippen molar-refractivity contribution in [3.05, 3.63) is 76.0 Å². The fraction of sp³-hybridized carbons (Fsp3) is 0.407. The van der Waals surface area contributed by atoms with Crippen LogP contribution >= 0.6 is 23.2 Å². The number of hydrogen-bond donors (Lipinski definition) is 1. The molecular formula is C27H28Cl3F3N6O. The van der Waals surface area contributed by atoms with E-state index in [2.05, 4.69) is 19.4 Å². The number of anilines is 1. The smallest absolute Gasteiger partial charge is 0.434 e. The fourth-order valence-electron chi connectivity index (χ4n) is 5.79. The average molecular weight is 616 g/mol. The van der Waals surface area contributed by atoms with Gasteiger partial charge in [-0.05, 0) is 42.3 Å². The number of fused-ring (bicyclic) bond motifs is 3. The van der Waals surface area contributed by atoms with E-state index in [1.807, 2.05) is 53.4 Å². The molecule has 0 bridgehead atoms.